The highest BCUT2D eigenvalue weighted by Crippen LogP contribution is 2.31. The molecule has 0 aliphatic heterocycles. The van der Waals surface area contributed by atoms with Crippen molar-refractivity contribution in [2.45, 2.75) is 6.04 Å². The van der Waals surface area contributed by atoms with E-state index in [-0.39, 0.29) is 6.04 Å². The van der Waals surface area contributed by atoms with E-state index in [4.69, 9.17) is 5.73 Å². The van der Waals surface area contributed by atoms with Crippen LogP contribution in [0.4, 0.5) is 0 Å². The Balaban J connectivity index is 2.28. The molecule has 0 amide bonds. The van der Waals surface area contributed by atoms with Crippen LogP contribution in [0.15, 0.2) is 33.4 Å². The number of nitrogens with two attached hydrogens (primary N) is 1. The van der Waals surface area contributed by atoms with Gasteiger partial charge in [0.1, 0.15) is 0 Å². The average Bonchev–Trinajstić information content (AvgIpc) is 2.72. The Morgan fingerprint density at radius 3 is 2.62 bits per heavy atom. The molecule has 0 saturated heterocycles. The van der Waals surface area contributed by atoms with Crippen LogP contribution in [0.3, 0.4) is 0 Å². The molecule has 13 heavy (non-hydrogen) atoms. The Bertz CT molecular complexity index is 380. The molecule has 68 valence electrons. The lowest BCUT2D eigenvalue weighted by Crippen LogP contribution is -2.07. The smallest absolute Gasteiger partial charge is 0.0740 e. The lowest BCUT2D eigenvalue weighted by molar-refractivity contribution is 0.917. The molecule has 4 heteroatoms. The maximum Gasteiger partial charge on any atom is 0.0740 e. The van der Waals surface area contributed by atoms with Crippen molar-refractivity contribution in [2.75, 3.05) is 0 Å². The highest BCUT2D eigenvalue weighted by Gasteiger charge is 2.11. The highest BCUT2D eigenvalue weighted by molar-refractivity contribution is 9.11. The van der Waals surface area contributed by atoms with E-state index in [2.05, 4.69) is 33.4 Å². The van der Waals surface area contributed by atoms with Gasteiger partial charge < -0.3 is 5.73 Å². The van der Waals surface area contributed by atoms with Crippen molar-refractivity contribution in [1.82, 2.24) is 0 Å². The molecule has 0 spiro atoms. The number of thiophene rings is 2. The maximum absolute atomic E-state index is 6.07. The first-order valence-electron chi connectivity index (χ1n) is 3.81. The molecule has 0 bridgehead atoms. The van der Waals surface area contributed by atoms with Gasteiger partial charge in [-0.1, -0.05) is 6.07 Å². The number of rotatable bonds is 2. The first kappa shape index (κ1) is 9.40. The van der Waals surface area contributed by atoms with Crippen LogP contribution >= 0.6 is 38.6 Å². The Kier molecular flexibility index (Phi) is 2.83. The van der Waals surface area contributed by atoms with Gasteiger partial charge in [-0.05, 0) is 39.5 Å². The van der Waals surface area contributed by atoms with E-state index in [1.165, 1.54) is 9.75 Å². The molecule has 0 fully saturated rings. The Hall–Kier alpha value is -0.160. The largest absolute Gasteiger partial charge is 0.319 e. The van der Waals surface area contributed by atoms with Gasteiger partial charge >= 0.3 is 0 Å². The zero-order valence-corrected chi connectivity index (χ0v) is 9.95. The van der Waals surface area contributed by atoms with Crippen LogP contribution in [-0.4, -0.2) is 0 Å². The molecule has 0 aromatic carbocycles. The predicted molar refractivity (Wildman–Crippen MR) is 62.4 cm³/mol. The van der Waals surface area contributed by atoms with Gasteiger partial charge in [0.2, 0.25) is 0 Å². The summed E-state index contributed by atoms with van der Waals surface area (Å²) in [4.78, 5) is 2.42. The molecule has 2 rings (SSSR count). The summed E-state index contributed by atoms with van der Waals surface area (Å²) in [5, 5.41) is 2.05. The third-order valence-corrected chi connectivity index (χ3v) is 4.41. The maximum atomic E-state index is 6.07. The summed E-state index contributed by atoms with van der Waals surface area (Å²) in [6, 6.07) is 8.24. The highest BCUT2D eigenvalue weighted by atomic mass is 79.9. The van der Waals surface area contributed by atoms with Crippen molar-refractivity contribution in [3.8, 4) is 0 Å². The summed E-state index contributed by atoms with van der Waals surface area (Å²) >= 11 is 6.82. The first-order chi connectivity index (χ1) is 6.27. The summed E-state index contributed by atoms with van der Waals surface area (Å²) in [5.74, 6) is 0. The fourth-order valence-corrected chi connectivity index (χ4v) is 3.37. The third-order valence-electron chi connectivity index (χ3n) is 1.75. The van der Waals surface area contributed by atoms with Crippen LogP contribution in [0.2, 0.25) is 0 Å². The minimum Gasteiger partial charge on any atom is -0.319 e. The van der Waals surface area contributed by atoms with Crippen molar-refractivity contribution in [3.63, 3.8) is 0 Å². The topological polar surface area (TPSA) is 26.0 Å². The van der Waals surface area contributed by atoms with Crippen LogP contribution in [-0.2, 0) is 0 Å². The van der Waals surface area contributed by atoms with Gasteiger partial charge in [0.15, 0.2) is 0 Å². The van der Waals surface area contributed by atoms with Crippen LogP contribution < -0.4 is 5.73 Å². The Morgan fingerprint density at radius 2 is 2.08 bits per heavy atom. The fraction of sp³-hybridized carbons (Fsp3) is 0.111. The second kappa shape index (κ2) is 3.92. The molecule has 0 aliphatic carbocycles. The minimum absolute atomic E-state index is 0.0382. The molecule has 0 aliphatic rings. The van der Waals surface area contributed by atoms with Crippen molar-refractivity contribution < 1.29 is 0 Å². The lowest BCUT2D eigenvalue weighted by atomic mass is 10.2. The molecular formula is C9H8BrNS2. The monoisotopic (exact) mass is 273 g/mol. The molecule has 2 heterocycles. The number of hydrogen-bond acceptors (Lipinski definition) is 3. The van der Waals surface area contributed by atoms with Gasteiger partial charge in [-0.2, -0.15) is 0 Å². The first-order valence-corrected chi connectivity index (χ1v) is 6.30. The predicted octanol–water partition coefficient (Wildman–Crippen LogP) is 3.62. The summed E-state index contributed by atoms with van der Waals surface area (Å²) in [6.07, 6.45) is 0. The van der Waals surface area contributed by atoms with Gasteiger partial charge in [0.25, 0.3) is 0 Å². The molecule has 2 N–H and O–H groups in total. The summed E-state index contributed by atoms with van der Waals surface area (Å²) in [7, 11) is 0. The SMILES string of the molecule is NC(c1cccs1)c1ccc(Br)s1. The van der Waals surface area contributed by atoms with Gasteiger partial charge in [-0.3, -0.25) is 0 Å². The standard InChI is InChI=1S/C9H8BrNS2/c10-8-4-3-7(13-8)9(11)6-2-1-5-12-6/h1-5,9H,11H2. The number of halogens is 1. The fourth-order valence-electron chi connectivity index (χ4n) is 1.10. The second-order valence-corrected chi connectivity index (χ2v) is 6.11. The van der Waals surface area contributed by atoms with Gasteiger partial charge in [-0.15, -0.1) is 22.7 Å². The zero-order chi connectivity index (χ0) is 9.26. The molecule has 2 aromatic rings. The molecule has 0 radical (unpaired) electrons. The summed E-state index contributed by atoms with van der Waals surface area (Å²) < 4.78 is 1.13. The van der Waals surface area contributed by atoms with E-state index in [1.54, 1.807) is 22.7 Å². The molecule has 2 aromatic heterocycles. The van der Waals surface area contributed by atoms with E-state index in [0.29, 0.717) is 0 Å². The summed E-state index contributed by atoms with van der Waals surface area (Å²) in [6.45, 7) is 0. The minimum atomic E-state index is 0.0382. The Labute approximate surface area is 93.3 Å². The van der Waals surface area contributed by atoms with E-state index >= 15 is 0 Å². The normalized spacial score (nSPS) is 13.1. The molecule has 1 nitrogen and oxygen atoms in total. The Morgan fingerprint density at radius 1 is 1.23 bits per heavy atom. The van der Waals surface area contributed by atoms with Crippen molar-refractivity contribution in [1.29, 1.82) is 0 Å². The molecule has 0 saturated carbocycles. The van der Waals surface area contributed by atoms with E-state index in [9.17, 15) is 0 Å². The van der Waals surface area contributed by atoms with Crippen LogP contribution in [0, 0.1) is 0 Å². The molecule has 1 atom stereocenters. The number of hydrogen-bond donors (Lipinski definition) is 1. The van der Waals surface area contributed by atoms with Crippen LogP contribution in [0.1, 0.15) is 15.8 Å². The second-order valence-electron chi connectivity index (χ2n) is 2.63. The van der Waals surface area contributed by atoms with Gasteiger partial charge in [0, 0.05) is 9.75 Å². The molecular weight excluding hydrogens is 266 g/mol. The van der Waals surface area contributed by atoms with Gasteiger partial charge in [-0.25, -0.2) is 0 Å². The quantitative estimate of drug-likeness (QED) is 0.889. The van der Waals surface area contributed by atoms with Crippen molar-refractivity contribution >= 4 is 38.6 Å². The summed E-state index contributed by atoms with van der Waals surface area (Å²) in [5.41, 5.74) is 6.07. The van der Waals surface area contributed by atoms with E-state index in [1.807, 2.05) is 12.1 Å². The van der Waals surface area contributed by atoms with Crippen LogP contribution in [0.25, 0.3) is 0 Å². The van der Waals surface area contributed by atoms with E-state index in [0.717, 1.165) is 3.79 Å². The van der Waals surface area contributed by atoms with Crippen molar-refractivity contribution in [3.05, 3.63) is 43.2 Å². The van der Waals surface area contributed by atoms with Gasteiger partial charge in [0.05, 0.1) is 9.83 Å². The van der Waals surface area contributed by atoms with Crippen LogP contribution in [0.5, 0.6) is 0 Å². The lowest BCUT2D eigenvalue weighted by Gasteiger charge is -2.05. The average molecular weight is 274 g/mol. The van der Waals surface area contributed by atoms with E-state index < -0.39 is 0 Å². The third kappa shape index (κ3) is 2.02. The molecule has 1 unspecified atom stereocenters. The van der Waals surface area contributed by atoms with Crippen molar-refractivity contribution in [2.24, 2.45) is 5.73 Å². The zero-order valence-electron chi connectivity index (χ0n) is 6.74.